The monoisotopic (exact) mass is 426 g/mol. The largest absolute Gasteiger partial charge is 0.334 e. The van der Waals surface area contributed by atoms with E-state index >= 15 is 0 Å². The van der Waals surface area contributed by atoms with Crippen LogP contribution in [0, 0.1) is 11.8 Å². The van der Waals surface area contributed by atoms with Crippen molar-refractivity contribution in [1.82, 2.24) is 14.4 Å². The summed E-state index contributed by atoms with van der Waals surface area (Å²) in [5.74, 6) is 1.51. The van der Waals surface area contributed by atoms with Gasteiger partial charge in [0.15, 0.2) is 5.82 Å². The Morgan fingerprint density at radius 1 is 1.21 bits per heavy atom. The number of aromatic nitrogens is 2. The van der Waals surface area contributed by atoms with Crippen molar-refractivity contribution in [3.63, 3.8) is 0 Å². The van der Waals surface area contributed by atoms with Crippen molar-refractivity contribution in [2.75, 3.05) is 13.1 Å². The summed E-state index contributed by atoms with van der Waals surface area (Å²) >= 11 is 0. The maximum atomic E-state index is 13.1. The summed E-state index contributed by atoms with van der Waals surface area (Å²) in [5.41, 5.74) is 6.34. The van der Waals surface area contributed by atoms with Gasteiger partial charge in [-0.15, -0.1) is 12.4 Å². The van der Waals surface area contributed by atoms with Crippen LogP contribution in [0.15, 0.2) is 33.7 Å². The SMILES string of the molecule is CC1CC(C)CN(S(=O)(=O)c2cccc(-c3nc(C4(N)CCC4)no3)c2)C1.Cl. The fraction of sp³-hybridized carbons (Fsp3) is 0.579. The van der Waals surface area contributed by atoms with E-state index in [-0.39, 0.29) is 17.3 Å². The van der Waals surface area contributed by atoms with E-state index in [0.717, 1.165) is 25.7 Å². The molecule has 0 spiro atoms. The number of sulfonamides is 1. The average molecular weight is 427 g/mol. The van der Waals surface area contributed by atoms with Crippen molar-refractivity contribution in [3.05, 3.63) is 30.1 Å². The highest BCUT2D eigenvalue weighted by molar-refractivity contribution is 7.89. The molecule has 154 valence electrons. The number of benzene rings is 1. The topological polar surface area (TPSA) is 102 Å². The fourth-order valence-corrected chi connectivity index (χ4v) is 5.79. The van der Waals surface area contributed by atoms with Gasteiger partial charge < -0.3 is 10.3 Å². The van der Waals surface area contributed by atoms with Crippen molar-refractivity contribution in [2.45, 2.75) is 50.0 Å². The predicted molar refractivity (Wildman–Crippen MR) is 108 cm³/mol. The third-order valence-corrected chi connectivity index (χ3v) is 7.50. The Bertz CT molecular complexity index is 932. The van der Waals surface area contributed by atoms with Gasteiger partial charge in [0.05, 0.1) is 10.4 Å². The van der Waals surface area contributed by atoms with Crippen LogP contribution in [0.25, 0.3) is 11.5 Å². The zero-order valence-electron chi connectivity index (χ0n) is 16.2. The van der Waals surface area contributed by atoms with E-state index in [1.807, 2.05) is 0 Å². The molecule has 2 heterocycles. The Hall–Kier alpha value is -1.48. The quantitative estimate of drug-likeness (QED) is 0.805. The fourth-order valence-electron chi connectivity index (χ4n) is 4.06. The second-order valence-electron chi connectivity index (χ2n) is 8.23. The molecule has 1 saturated carbocycles. The van der Waals surface area contributed by atoms with Crippen LogP contribution in [0.5, 0.6) is 0 Å². The molecule has 0 amide bonds. The molecule has 1 aromatic heterocycles. The number of halogens is 1. The summed E-state index contributed by atoms with van der Waals surface area (Å²) in [6, 6.07) is 6.73. The first-order valence-electron chi connectivity index (χ1n) is 9.51. The van der Waals surface area contributed by atoms with E-state index in [1.165, 1.54) is 0 Å². The number of hydrogen-bond acceptors (Lipinski definition) is 6. The predicted octanol–water partition coefficient (Wildman–Crippen LogP) is 3.16. The summed E-state index contributed by atoms with van der Waals surface area (Å²) in [7, 11) is -3.55. The molecule has 1 aromatic carbocycles. The zero-order chi connectivity index (χ0) is 19.2. The lowest BCUT2D eigenvalue weighted by atomic mass is 9.77. The molecule has 4 rings (SSSR count). The maximum Gasteiger partial charge on any atom is 0.258 e. The first kappa shape index (κ1) is 21.2. The molecule has 2 unspecified atom stereocenters. The zero-order valence-corrected chi connectivity index (χ0v) is 17.8. The van der Waals surface area contributed by atoms with E-state index in [2.05, 4.69) is 24.0 Å². The van der Waals surface area contributed by atoms with Crippen LogP contribution in [-0.2, 0) is 15.6 Å². The third kappa shape index (κ3) is 3.83. The molecule has 28 heavy (non-hydrogen) atoms. The van der Waals surface area contributed by atoms with E-state index in [4.69, 9.17) is 10.3 Å². The third-order valence-electron chi connectivity index (χ3n) is 5.67. The first-order valence-corrected chi connectivity index (χ1v) is 11.0. The Balaban J connectivity index is 0.00000225. The van der Waals surface area contributed by atoms with E-state index in [1.54, 1.807) is 28.6 Å². The molecule has 0 radical (unpaired) electrons. The maximum absolute atomic E-state index is 13.1. The molecular formula is C19H27ClN4O3S. The van der Waals surface area contributed by atoms with Crippen LogP contribution in [0.4, 0.5) is 0 Å². The highest BCUT2D eigenvalue weighted by Crippen LogP contribution is 2.38. The Labute approximate surface area is 172 Å². The number of nitrogens with two attached hydrogens (primary N) is 1. The molecular weight excluding hydrogens is 400 g/mol. The van der Waals surface area contributed by atoms with Crippen molar-refractivity contribution in [2.24, 2.45) is 17.6 Å². The van der Waals surface area contributed by atoms with E-state index < -0.39 is 15.6 Å². The van der Waals surface area contributed by atoms with Gasteiger partial charge in [-0.3, -0.25) is 0 Å². The molecule has 2 atom stereocenters. The summed E-state index contributed by atoms with van der Waals surface area (Å²) in [6.07, 6.45) is 3.79. The standard InChI is InChI=1S/C19H26N4O3S.ClH/c1-13-9-14(2)12-23(11-13)27(24,25)16-6-3-5-15(10-16)17-21-18(22-26-17)19(20)7-4-8-19;/h3,5-6,10,13-14H,4,7-9,11-12,20H2,1-2H3;1H. The van der Waals surface area contributed by atoms with Crippen LogP contribution >= 0.6 is 12.4 Å². The lowest BCUT2D eigenvalue weighted by Crippen LogP contribution is -2.44. The van der Waals surface area contributed by atoms with Crippen LogP contribution < -0.4 is 5.73 Å². The lowest BCUT2D eigenvalue weighted by molar-refractivity contribution is 0.222. The Morgan fingerprint density at radius 2 is 1.89 bits per heavy atom. The minimum Gasteiger partial charge on any atom is -0.334 e. The van der Waals surface area contributed by atoms with E-state index in [0.29, 0.717) is 42.2 Å². The normalized spacial score (nSPS) is 25.0. The summed E-state index contributed by atoms with van der Waals surface area (Å²) in [5, 5.41) is 4.02. The van der Waals surface area contributed by atoms with Crippen LogP contribution in [-0.4, -0.2) is 36.0 Å². The van der Waals surface area contributed by atoms with E-state index in [9.17, 15) is 8.42 Å². The number of hydrogen-bond donors (Lipinski definition) is 1. The van der Waals surface area contributed by atoms with Gasteiger partial charge in [0, 0.05) is 18.7 Å². The molecule has 0 bridgehead atoms. The van der Waals surface area contributed by atoms with Crippen LogP contribution in [0.3, 0.4) is 0 Å². The van der Waals surface area contributed by atoms with Gasteiger partial charge in [-0.1, -0.05) is 25.1 Å². The number of rotatable bonds is 4. The number of piperidine rings is 1. The van der Waals surface area contributed by atoms with Crippen molar-refractivity contribution in [3.8, 4) is 11.5 Å². The molecule has 7 nitrogen and oxygen atoms in total. The Kier molecular flexibility index (Phi) is 5.87. The summed E-state index contributed by atoms with van der Waals surface area (Å²) in [6.45, 7) is 5.30. The summed E-state index contributed by atoms with van der Waals surface area (Å²) in [4.78, 5) is 4.68. The highest BCUT2D eigenvalue weighted by atomic mass is 35.5. The van der Waals surface area contributed by atoms with Gasteiger partial charge in [-0.25, -0.2) is 8.42 Å². The lowest BCUT2D eigenvalue weighted by Gasteiger charge is -2.34. The second kappa shape index (κ2) is 7.74. The molecule has 2 fully saturated rings. The minimum atomic E-state index is -3.55. The molecule has 2 aliphatic rings. The smallest absolute Gasteiger partial charge is 0.258 e. The summed E-state index contributed by atoms with van der Waals surface area (Å²) < 4.78 is 33.2. The van der Waals surface area contributed by atoms with Gasteiger partial charge in [0.1, 0.15) is 0 Å². The van der Waals surface area contributed by atoms with Gasteiger partial charge in [-0.05, 0) is 55.7 Å². The van der Waals surface area contributed by atoms with Gasteiger partial charge in [0.25, 0.3) is 5.89 Å². The number of nitrogens with zero attached hydrogens (tertiary/aromatic N) is 3. The van der Waals surface area contributed by atoms with Gasteiger partial charge in [0.2, 0.25) is 10.0 Å². The average Bonchev–Trinajstić information content (AvgIpc) is 3.09. The van der Waals surface area contributed by atoms with Gasteiger partial charge >= 0.3 is 0 Å². The highest BCUT2D eigenvalue weighted by Gasteiger charge is 2.39. The minimum absolute atomic E-state index is 0. The van der Waals surface area contributed by atoms with Crippen LogP contribution in [0.1, 0.15) is 45.4 Å². The van der Waals surface area contributed by atoms with Crippen LogP contribution in [0.2, 0.25) is 0 Å². The molecule has 1 aliphatic carbocycles. The Morgan fingerprint density at radius 3 is 2.50 bits per heavy atom. The van der Waals surface area contributed by atoms with Crippen molar-refractivity contribution >= 4 is 22.4 Å². The molecule has 2 N–H and O–H groups in total. The van der Waals surface area contributed by atoms with Crippen molar-refractivity contribution < 1.29 is 12.9 Å². The second-order valence-corrected chi connectivity index (χ2v) is 10.2. The molecule has 2 aromatic rings. The van der Waals surface area contributed by atoms with Crippen molar-refractivity contribution in [1.29, 1.82) is 0 Å². The first-order chi connectivity index (χ1) is 12.8. The molecule has 1 saturated heterocycles. The van der Waals surface area contributed by atoms with Gasteiger partial charge in [-0.2, -0.15) is 9.29 Å². The molecule has 9 heteroatoms. The molecule has 1 aliphatic heterocycles.